The number of pyridine rings is 1. The van der Waals surface area contributed by atoms with Crippen LogP contribution in [0.25, 0.3) is 11.2 Å². The van der Waals surface area contributed by atoms with E-state index in [1.165, 1.54) is 6.33 Å². The summed E-state index contributed by atoms with van der Waals surface area (Å²) in [4.78, 5) is 27.4. The topological polar surface area (TPSA) is 68.8 Å². The molecule has 0 bridgehead atoms. The second-order valence-electron chi connectivity index (χ2n) is 7.23. The molecule has 1 saturated heterocycles. The van der Waals surface area contributed by atoms with Gasteiger partial charge < -0.3 is 4.90 Å². The molecular weight excluding hydrogens is 359 g/mol. The van der Waals surface area contributed by atoms with Gasteiger partial charge in [-0.3, -0.25) is 9.13 Å². The van der Waals surface area contributed by atoms with Crippen molar-refractivity contribution in [2.45, 2.75) is 46.2 Å². The minimum Gasteiger partial charge on any atom is -0.354 e. The number of nitrogens with zero attached hydrogens (tertiary/aromatic N) is 6. The molecule has 0 radical (unpaired) electrons. The average Bonchev–Trinajstić information content (AvgIpc) is 3.00. The fraction of sp³-hybridized carbons (Fsp3) is 0.500. The Bertz CT molecular complexity index is 1030. The van der Waals surface area contributed by atoms with E-state index in [-0.39, 0.29) is 11.5 Å². The van der Waals surface area contributed by atoms with Gasteiger partial charge in [0.05, 0.1) is 11.2 Å². The van der Waals surface area contributed by atoms with E-state index in [0.717, 1.165) is 37.1 Å². The average molecular weight is 384 g/mol. The Kier molecular flexibility index (Phi) is 5.11. The summed E-state index contributed by atoms with van der Waals surface area (Å²) in [5.41, 5.74) is 2.07. The highest BCUT2D eigenvalue weighted by atomic mass is 19.1. The molecule has 0 amide bonds. The summed E-state index contributed by atoms with van der Waals surface area (Å²) >= 11 is 0. The molecule has 4 heterocycles. The molecule has 148 valence electrons. The fourth-order valence-corrected chi connectivity index (χ4v) is 4.06. The number of piperidine rings is 1. The van der Waals surface area contributed by atoms with Crippen molar-refractivity contribution in [2.24, 2.45) is 5.92 Å². The molecule has 3 aromatic rings. The van der Waals surface area contributed by atoms with E-state index in [2.05, 4.69) is 15.0 Å². The van der Waals surface area contributed by atoms with Gasteiger partial charge in [0.1, 0.15) is 6.33 Å². The van der Waals surface area contributed by atoms with Crippen LogP contribution in [0.1, 0.15) is 32.4 Å². The van der Waals surface area contributed by atoms with E-state index in [4.69, 9.17) is 0 Å². The highest BCUT2D eigenvalue weighted by Crippen LogP contribution is 2.26. The van der Waals surface area contributed by atoms with Gasteiger partial charge in [0.25, 0.3) is 0 Å². The predicted octanol–water partition coefficient (Wildman–Crippen LogP) is 2.63. The fourth-order valence-electron chi connectivity index (χ4n) is 4.06. The Balaban J connectivity index is 1.51. The Morgan fingerprint density at radius 1 is 1.14 bits per heavy atom. The van der Waals surface area contributed by atoms with Crippen LogP contribution < -0.4 is 10.6 Å². The molecule has 0 saturated carbocycles. The van der Waals surface area contributed by atoms with Crippen LogP contribution >= 0.6 is 0 Å². The van der Waals surface area contributed by atoms with Crippen LogP contribution in [-0.2, 0) is 19.5 Å². The summed E-state index contributed by atoms with van der Waals surface area (Å²) < 4.78 is 18.1. The molecule has 8 heteroatoms. The van der Waals surface area contributed by atoms with Crippen LogP contribution in [0.5, 0.6) is 0 Å². The molecule has 1 fully saturated rings. The summed E-state index contributed by atoms with van der Waals surface area (Å²) in [5, 5.41) is 0. The molecule has 28 heavy (non-hydrogen) atoms. The van der Waals surface area contributed by atoms with Crippen LogP contribution in [0.15, 0.2) is 29.5 Å². The molecule has 0 spiro atoms. The third-order valence-electron chi connectivity index (χ3n) is 5.62. The molecule has 4 rings (SSSR count). The summed E-state index contributed by atoms with van der Waals surface area (Å²) in [6.07, 6.45) is 5.47. The van der Waals surface area contributed by atoms with E-state index < -0.39 is 0 Å². The lowest BCUT2D eigenvalue weighted by atomic mass is 9.96. The smallest absolute Gasteiger partial charge is 0.330 e. The number of fused-ring (bicyclic) bond motifs is 1. The predicted molar refractivity (Wildman–Crippen MR) is 106 cm³/mol. The minimum absolute atomic E-state index is 0.00642. The Morgan fingerprint density at radius 2 is 1.93 bits per heavy atom. The summed E-state index contributed by atoms with van der Waals surface area (Å²) in [6.45, 7) is 6.56. The van der Waals surface area contributed by atoms with Crippen LogP contribution in [0.2, 0.25) is 0 Å². The standard InChI is InChI=1S/C20H25FN6O/c1-3-15-17(21)19(24-13-23-15)25-10-7-14(8-11-25)12-27-18-16(6-5-9-22-18)26(4-2)20(27)28/h5-6,9,13-14H,3-4,7-8,10-12H2,1-2H3. The van der Waals surface area contributed by atoms with E-state index in [1.807, 2.05) is 30.9 Å². The first-order valence-electron chi connectivity index (χ1n) is 9.92. The van der Waals surface area contributed by atoms with Crippen molar-refractivity contribution in [2.75, 3.05) is 18.0 Å². The molecule has 0 aliphatic carbocycles. The summed E-state index contributed by atoms with van der Waals surface area (Å²) in [6, 6.07) is 3.80. The van der Waals surface area contributed by atoms with Crippen LogP contribution in [0.4, 0.5) is 10.2 Å². The van der Waals surface area contributed by atoms with Crippen LogP contribution in [0.3, 0.4) is 0 Å². The summed E-state index contributed by atoms with van der Waals surface area (Å²) in [5.74, 6) is 0.434. The first kappa shape index (κ1) is 18.6. The van der Waals surface area contributed by atoms with Gasteiger partial charge >= 0.3 is 5.69 Å². The largest absolute Gasteiger partial charge is 0.354 e. The second kappa shape index (κ2) is 7.69. The maximum Gasteiger partial charge on any atom is 0.330 e. The number of aromatic nitrogens is 5. The quantitative estimate of drug-likeness (QED) is 0.676. The maximum absolute atomic E-state index is 14.5. The number of hydrogen-bond acceptors (Lipinski definition) is 5. The van der Waals surface area contributed by atoms with Gasteiger partial charge in [0.2, 0.25) is 0 Å². The highest BCUT2D eigenvalue weighted by molar-refractivity contribution is 5.71. The molecule has 0 atom stereocenters. The van der Waals surface area contributed by atoms with Crippen LogP contribution in [-0.4, -0.2) is 37.2 Å². The van der Waals surface area contributed by atoms with Gasteiger partial charge in [-0.25, -0.2) is 24.1 Å². The maximum atomic E-state index is 14.5. The van der Waals surface area contributed by atoms with Gasteiger partial charge in [0.15, 0.2) is 17.3 Å². The Hall–Kier alpha value is -2.77. The van der Waals surface area contributed by atoms with Gasteiger partial charge in [-0.2, -0.15) is 0 Å². The van der Waals surface area contributed by atoms with Gasteiger partial charge in [0, 0.05) is 32.4 Å². The van der Waals surface area contributed by atoms with Crippen molar-refractivity contribution in [3.05, 3.63) is 46.7 Å². The van der Waals surface area contributed by atoms with Crippen molar-refractivity contribution in [1.82, 2.24) is 24.1 Å². The van der Waals surface area contributed by atoms with Crippen molar-refractivity contribution in [3.63, 3.8) is 0 Å². The third kappa shape index (κ3) is 3.16. The van der Waals surface area contributed by atoms with E-state index >= 15 is 0 Å². The van der Waals surface area contributed by atoms with Crippen LogP contribution in [0, 0.1) is 11.7 Å². The molecule has 3 aromatic heterocycles. The highest BCUT2D eigenvalue weighted by Gasteiger charge is 2.25. The number of anilines is 1. The lowest BCUT2D eigenvalue weighted by Crippen LogP contribution is -2.37. The Labute approximate surface area is 162 Å². The van der Waals surface area contributed by atoms with E-state index in [0.29, 0.717) is 36.9 Å². The summed E-state index contributed by atoms with van der Waals surface area (Å²) in [7, 11) is 0. The lowest BCUT2D eigenvalue weighted by Gasteiger charge is -2.33. The first-order chi connectivity index (χ1) is 13.6. The lowest BCUT2D eigenvalue weighted by molar-refractivity contribution is 0.351. The first-order valence-corrected chi connectivity index (χ1v) is 9.92. The Morgan fingerprint density at radius 3 is 2.64 bits per heavy atom. The number of rotatable bonds is 5. The van der Waals surface area contributed by atoms with Gasteiger partial charge in [-0.15, -0.1) is 0 Å². The van der Waals surface area contributed by atoms with Gasteiger partial charge in [-0.1, -0.05) is 6.92 Å². The molecule has 7 nitrogen and oxygen atoms in total. The SMILES string of the molecule is CCc1ncnc(N2CCC(Cn3c(=O)n(CC)c4cccnc43)CC2)c1F. The molecule has 0 N–H and O–H groups in total. The zero-order valence-corrected chi connectivity index (χ0v) is 16.3. The molecule has 0 unspecified atom stereocenters. The van der Waals surface area contributed by atoms with Crippen molar-refractivity contribution in [3.8, 4) is 0 Å². The minimum atomic E-state index is -0.310. The van der Waals surface area contributed by atoms with E-state index in [9.17, 15) is 9.18 Å². The zero-order valence-electron chi connectivity index (χ0n) is 16.3. The number of aryl methyl sites for hydroxylation is 2. The van der Waals surface area contributed by atoms with Crippen molar-refractivity contribution in [1.29, 1.82) is 0 Å². The molecular formula is C20H25FN6O. The third-order valence-corrected chi connectivity index (χ3v) is 5.62. The zero-order chi connectivity index (χ0) is 19.7. The molecule has 0 aromatic carbocycles. The van der Waals surface area contributed by atoms with E-state index in [1.54, 1.807) is 15.3 Å². The molecule has 1 aliphatic rings. The number of hydrogen-bond donors (Lipinski definition) is 0. The van der Waals surface area contributed by atoms with Crippen molar-refractivity contribution >= 4 is 17.0 Å². The number of halogens is 1. The number of imidazole rings is 1. The second-order valence-corrected chi connectivity index (χ2v) is 7.23. The normalized spacial score (nSPS) is 15.5. The van der Waals surface area contributed by atoms with Crippen molar-refractivity contribution < 1.29 is 4.39 Å². The monoisotopic (exact) mass is 384 g/mol. The van der Waals surface area contributed by atoms with Gasteiger partial charge in [-0.05, 0) is 44.2 Å². The molecule has 1 aliphatic heterocycles.